The topological polar surface area (TPSA) is 21.7 Å². The van der Waals surface area contributed by atoms with Gasteiger partial charge in [0.1, 0.15) is 23.0 Å². The van der Waals surface area contributed by atoms with E-state index in [9.17, 15) is 0 Å². The Morgan fingerprint density at radius 2 is 0.667 bits per heavy atom. The summed E-state index contributed by atoms with van der Waals surface area (Å²) in [7, 11) is 0. The van der Waals surface area contributed by atoms with Crippen LogP contribution in [0.1, 0.15) is 44.5 Å². The van der Waals surface area contributed by atoms with Gasteiger partial charge in [0, 0.05) is 39.0 Å². The Balaban J connectivity index is 0.947. The predicted octanol–water partition coefficient (Wildman–Crippen LogP) is 18.6. The highest BCUT2D eigenvalue weighted by Gasteiger charge is 2.53. The molecule has 16 rings (SSSR count). The number of anilines is 3. The van der Waals surface area contributed by atoms with Crippen molar-refractivity contribution in [3.05, 3.63) is 317 Å². The van der Waals surface area contributed by atoms with Crippen LogP contribution in [0.25, 0.3) is 55.3 Å². The lowest BCUT2D eigenvalue weighted by Gasteiger charge is -2.40. The molecule has 0 N–H and O–H groups in total. The second-order valence-corrected chi connectivity index (χ2v) is 20.2. The Kier molecular flexibility index (Phi) is 8.88. The van der Waals surface area contributed by atoms with E-state index < -0.39 is 10.8 Å². The molecule has 2 aliphatic heterocycles. The minimum Gasteiger partial charge on any atom is -0.457 e. The van der Waals surface area contributed by atoms with E-state index in [1.54, 1.807) is 0 Å². The summed E-state index contributed by atoms with van der Waals surface area (Å²) in [6.45, 7) is 0. The first-order valence-corrected chi connectivity index (χ1v) is 25.9. The third-order valence-corrected chi connectivity index (χ3v) is 16.6. The van der Waals surface area contributed by atoms with E-state index in [0.717, 1.165) is 73.3 Å². The van der Waals surface area contributed by atoms with E-state index in [2.05, 4.69) is 278 Å². The van der Waals surface area contributed by atoms with Gasteiger partial charge in [-0.15, -0.1) is 0 Å². The van der Waals surface area contributed by atoms with Crippen LogP contribution >= 0.6 is 0 Å². The van der Waals surface area contributed by atoms with Crippen LogP contribution in [0.4, 0.5) is 17.1 Å². The van der Waals surface area contributed by atoms with E-state index in [1.807, 2.05) is 0 Å². The summed E-state index contributed by atoms with van der Waals surface area (Å²) >= 11 is 0. The van der Waals surface area contributed by atoms with Gasteiger partial charge in [-0.25, -0.2) is 0 Å². The van der Waals surface area contributed by atoms with Gasteiger partial charge in [-0.05, 0) is 127 Å². The van der Waals surface area contributed by atoms with Gasteiger partial charge in [0.2, 0.25) is 0 Å². The maximum absolute atomic E-state index is 6.79. The number of hydrogen-bond acceptors (Lipinski definition) is 3. The summed E-state index contributed by atoms with van der Waals surface area (Å²) in [6, 6.07) is 100.0. The Labute approximate surface area is 435 Å². The summed E-state index contributed by atoms with van der Waals surface area (Å²) in [5, 5.41) is 2.36. The smallest absolute Gasteiger partial charge is 0.132 e. The minimum absolute atomic E-state index is 0.629. The zero-order valence-corrected chi connectivity index (χ0v) is 40.7. The van der Waals surface area contributed by atoms with Crippen molar-refractivity contribution >= 4 is 27.8 Å². The van der Waals surface area contributed by atoms with E-state index in [1.165, 1.54) is 66.6 Å². The van der Waals surface area contributed by atoms with Gasteiger partial charge in [0.15, 0.2) is 0 Å². The number of rotatable bonds is 5. The summed E-state index contributed by atoms with van der Waals surface area (Å²) in [4.78, 5) is 2.49. The van der Waals surface area contributed by atoms with Crippen molar-refractivity contribution in [1.82, 2.24) is 0 Å². The molecule has 0 atom stereocenters. The normalized spacial score (nSPS) is 14.0. The minimum atomic E-state index is -0.631. The highest BCUT2D eigenvalue weighted by atomic mass is 16.5. The zero-order valence-electron chi connectivity index (χ0n) is 40.7. The largest absolute Gasteiger partial charge is 0.457 e. The van der Waals surface area contributed by atoms with Crippen LogP contribution < -0.4 is 14.4 Å². The molecule has 0 radical (unpaired) electrons. The van der Waals surface area contributed by atoms with Crippen LogP contribution in [0.15, 0.2) is 273 Å². The number of nitrogens with zero attached hydrogens (tertiary/aromatic N) is 1. The van der Waals surface area contributed by atoms with Gasteiger partial charge in [-0.1, -0.05) is 218 Å². The third-order valence-electron chi connectivity index (χ3n) is 16.6. The first kappa shape index (κ1) is 41.9. The number of ether oxygens (including phenoxy) is 2. The van der Waals surface area contributed by atoms with Crippen LogP contribution in [0, 0.1) is 0 Å². The van der Waals surface area contributed by atoms with Crippen LogP contribution in [0.5, 0.6) is 23.0 Å². The molecule has 0 fully saturated rings. The van der Waals surface area contributed by atoms with E-state index in [4.69, 9.17) is 9.47 Å². The van der Waals surface area contributed by atoms with E-state index >= 15 is 0 Å². The molecule has 0 amide bonds. The lowest BCUT2D eigenvalue weighted by molar-refractivity contribution is 0.436. The SMILES string of the molecule is c1ccc(-c2ccc(-c3ccc(N(c4ccc5c(c4)C4(c6ccccc6Oc6ccccc64)c4ccccc4-5)c4cccc5c6c(ccc45)-c4ccccc4C64c5ccccc5Oc5ccccc54)cc3)cc2)cc1. The molecule has 75 heavy (non-hydrogen) atoms. The Morgan fingerprint density at radius 3 is 1.24 bits per heavy atom. The average molecular weight is 956 g/mol. The first-order chi connectivity index (χ1) is 37.2. The number of para-hydroxylation sites is 4. The molecular formula is C72H45NO2. The molecule has 3 nitrogen and oxygen atoms in total. The highest BCUT2D eigenvalue weighted by Crippen LogP contribution is 2.65. The van der Waals surface area contributed by atoms with Crippen molar-refractivity contribution in [2.75, 3.05) is 4.90 Å². The number of fused-ring (bicyclic) bond motifs is 20. The molecular weight excluding hydrogens is 911 g/mol. The Morgan fingerprint density at radius 1 is 0.253 bits per heavy atom. The first-order valence-electron chi connectivity index (χ1n) is 25.9. The fourth-order valence-corrected chi connectivity index (χ4v) is 13.6. The molecule has 0 aromatic heterocycles. The van der Waals surface area contributed by atoms with Crippen LogP contribution in [0.3, 0.4) is 0 Å². The van der Waals surface area contributed by atoms with Crippen molar-refractivity contribution in [1.29, 1.82) is 0 Å². The second kappa shape index (κ2) is 15.9. The van der Waals surface area contributed by atoms with Crippen LogP contribution in [0.2, 0.25) is 0 Å². The number of hydrogen-bond donors (Lipinski definition) is 0. The Bertz CT molecular complexity index is 4220. The summed E-state index contributed by atoms with van der Waals surface area (Å²) in [6.07, 6.45) is 0. The van der Waals surface area contributed by atoms with Gasteiger partial charge in [0.25, 0.3) is 0 Å². The molecule has 12 aromatic rings. The highest BCUT2D eigenvalue weighted by molar-refractivity contribution is 6.07. The van der Waals surface area contributed by atoms with Crippen molar-refractivity contribution in [3.63, 3.8) is 0 Å². The van der Waals surface area contributed by atoms with Crippen molar-refractivity contribution in [3.8, 4) is 67.5 Å². The lowest BCUT2D eigenvalue weighted by Crippen LogP contribution is -2.32. The van der Waals surface area contributed by atoms with Gasteiger partial charge in [0.05, 0.1) is 16.5 Å². The van der Waals surface area contributed by atoms with Gasteiger partial charge < -0.3 is 14.4 Å². The van der Waals surface area contributed by atoms with Crippen molar-refractivity contribution < 1.29 is 9.47 Å². The summed E-state index contributed by atoms with van der Waals surface area (Å²) < 4.78 is 13.6. The van der Waals surface area contributed by atoms with Gasteiger partial charge in [-0.2, -0.15) is 0 Å². The molecule has 12 aromatic carbocycles. The zero-order chi connectivity index (χ0) is 49.2. The van der Waals surface area contributed by atoms with Crippen LogP contribution in [-0.4, -0.2) is 0 Å². The van der Waals surface area contributed by atoms with Crippen molar-refractivity contribution in [2.24, 2.45) is 0 Å². The van der Waals surface area contributed by atoms with Crippen LogP contribution in [-0.2, 0) is 10.8 Å². The monoisotopic (exact) mass is 955 g/mol. The molecule has 3 heteroatoms. The molecule has 2 aliphatic carbocycles. The molecule has 350 valence electrons. The third kappa shape index (κ3) is 5.75. The van der Waals surface area contributed by atoms with E-state index in [0.29, 0.717) is 0 Å². The fourth-order valence-electron chi connectivity index (χ4n) is 13.6. The molecule has 2 heterocycles. The molecule has 2 spiro atoms. The molecule has 0 unspecified atom stereocenters. The maximum atomic E-state index is 6.79. The van der Waals surface area contributed by atoms with E-state index in [-0.39, 0.29) is 0 Å². The predicted molar refractivity (Wildman–Crippen MR) is 304 cm³/mol. The standard InChI is InChI=1S/C72H45NO2/c1-2-17-46(18-3-1)47-33-35-48(36-34-47)49-37-39-50(40-38-49)73(51-41-42-54-52-19-4-6-22-58(52)71(64(54)45-51)60-24-8-12-29-66(60)74-67-30-13-9-25-61(67)71)65-28-16-21-56-55(65)43-44-57-53-20-5-7-23-59(53)72(70(56)57)62-26-10-14-31-68(62)75-69-32-15-11-27-63(69)72/h1-45H. The Hall–Kier alpha value is -9.70. The lowest BCUT2D eigenvalue weighted by atomic mass is 9.65. The fraction of sp³-hybridized carbons (Fsp3) is 0.0278. The maximum Gasteiger partial charge on any atom is 0.132 e. The summed E-state index contributed by atoms with van der Waals surface area (Å²) in [5.41, 5.74) is 21.3. The quantitative estimate of drug-likeness (QED) is 0.172. The van der Waals surface area contributed by atoms with Gasteiger partial charge in [-0.3, -0.25) is 0 Å². The van der Waals surface area contributed by atoms with Crippen molar-refractivity contribution in [2.45, 2.75) is 10.8 Å². The second-order valence-electron chi connectivity index (χ2n) is 20.2. The number of benzene rings is 12. The molecule has 0 bridgehead atoms. The molecule has 0 saturated heterocycles. The molecule has 0 saturated carbocycles. The summed E-state index contributed by atoms with van der Waals surface area (Å²) in [5.74, 6) is 3.52. The molecule has 4 aliphatic rings. The van der Waals surface area contributed by atoms with Gasteiger partial charge >= 0.3 is 0 Å². The average Bonchev–Trinajstić information content (AvgIpc) is 3.95.